The molecule has 1 aliphatic heterocycles. The van der Waals surface area contributed by atoms with Crippen molar-refractivity contribution in [2.24, 2.45) is 0 Å². The summed E-state index contributed by atoms with van der Waals surface area (Å²) in [5.74, 6) is 0. The van der Waals surface area contributed by atoms with Crippen LogP contribution in [0.15, 0.2) is 0 Å². The lowest BCUT2D eigenvalue weighted by Gasteiger charge is -2.19. The molecule has 0 bridgehead atoms. The molecule has 0 aromatic heterocycles. The lowest BCUT2D eigenvalue weighted by Crippen LogP contribution is -2.33. The van der Waals surface area contributed by atoms with Crippen LogP contribution in [0.4, 0.5) is 0 Å². The van der Waals surface area contributed by atoms with E-state index in [1.807, 2.05) is 0 Å². The summed E-state index contributed by atoms with van der Waals surface area (Å²) in [6.07, 6.45) is 1.68. The maximum absolute atomic E-state index is 9.20. The zero-order valence-electron chi connectivity index (χ0n) is 6.08. The van der Waals surface area contributed by atoms with Crippen molar-refractivity contribution in [1.29, 1.82) is 0 Å². The van der Waals surface area contributed by atoms with Gasteiger partial charge in [0.25, 0.3) is 0 Å². The third kappa shape index (κ3) is 2.64. The summed E-state index contributed by atoms with van der Waals surface area (Å²) in [6.45, 7) is 1.53. The summed E-state index contributed by atoms with van der Waals surface area (Å²) in [6, 6.07) is 0. The highest BCUT2D eigenvalue weighted by Gasteiger charge is 2.13. The van der Waals surface area contributed by atoms with Crippen LogP contribution in [0.2, 0.25) is 0 Å². The Morgan fingerprint density at radius 2 is 2.00 bits per heavy atom. The van der Waals surface area contributed by atoms with Crippen LogP contribution in [0, 0.1) is 0 Å². The second kappa shape index (κ2) is 3.91. The van der Waals surface area contributed by atoms with Crippen LogP contribution in [0.1, 0.15) is 19.3 Å². The number of aliphatic hydroxyl groups excluding tert-OH is 2. The van der Waals surface area contributed by atoms with Crippen molar-refractivity contribution in [2.75, 3.05) is 13.1 Å². The zero-order chi connectivity index (χ0) is 7.40. The topological polar surface area (TPSA) is 52.5 Å². The average Bonchev–Trinajstić information content (AvgIpc) is 1.83. The van der Waals surface area contributed by atoms with E-state index in [1.165, 1.54) is 0 Å². The van der Waals surface area contributed by atoms with Crippen LogP contribution in [0.5, 0.6) is 0 Å². The van der Waals surface area contributed by atoms with E-state index in [0.29, 0.717) is 13.0 Å². The van der Waals surface area contributed by atoms with Crippen molar-refractivity contribution in [3.05, 3.63) is 0 Å². The molecule has 3 nitrogen and oxygen atoms in total. The maximum atomic E-state index is 9.20. The Kier molecular flexibility index (Phi) is 3.12. The van der Waals surface area contributed by atoms with Crippen LogP contribution < -0.4 is 5.32 Å². The van der Waals surface area contributed by atoms with E-state index in [1.54, 1.807) is 0 Å². The van der Waals surface area contributed by atoms with Crippen LogP contribution in [-0.2, 0) is 0 Å². The molecular formula is C7H15NO2. The van der Waals surface area contributed by atoms with Crippen LogP contribution in [0.3, 0.4) is 0 Å². The largest absolute Gasteiger partial charge is 0.393 e. The van der Waals surface area contributed by atoms with Gasteiger partial charge < -0.3 is 15.5 Å². The van der Waals surface area contributed by atoms with Gasteiger partial charge in [-0.2, -0.15) is 0 Å². The van der Waals surface area contributed by atoms with Crippen LogP contribution in [-0.4, -0.2) is 35.5 Å². The highest BCUT2D eigenvalue weighted by atomic mass is 16.3. The highest BCUT2D eigenvalue weighted by Crippen LogP contribution is 2.06. The first kappa shape index (κ1) is 7.98. The number of hydrogen-bond acceptors (Lipinski definition) is 3. The molecule has 0 spiro atoms. The molecule has 60 valence electrons. The van der Waals surface area contributed by atoms with E-state index < -0.39 is 0 Å². The molecule has 0 aromatic carbocycles. The summed E-state index contributed by atoms with van der Waals surface area (Å²) in [4.78, 5) is 0. The Morgan fingerprint density at radius 1 is 1.20 bits per heavy atom. The van der Waals surface area contributed by atoms with Crippen LogP contribution >= 0.6 is 0 Å². The van der Waals surface area contributed by atoms with E-state index in [0.717, 1.165) is 19.4 Å². The van der Waals surface area contributed by atoms with Crippen molar-refractivity contribution >= 4 is 0 Å². The molecule has 1 aliphatic rings. The molecule has 0 aliphatic carbocycles. The molecule has 1 saturated heterocycles. The lowest BCUT2D eigenvalue weighted by atomic mass is 10.1. The van der Waals surface area contributed by atoms with E-state index in [2.05, 4.69) is 5.32 Å². The first-order valence-corrected chi connectivity index (χ1v) is 3.86. The number of rotatable bonds is 0. The minimum atomic E-state index is -0.365. The second-order valence-corrected chi connectivity index (χ2v) is 2.89. The van der Waals surface area contributed by atoms with Gasteiger partial charge in [0.15, 0.2) is 0 Å². The predicted octanol–water partition coefficient (Wildman–Crippen LogP) is -0.518. The zero-order valence-corrected chi connectivity index (χ0v) is 6.08. The number of aliphatic hydroxyl groups is 2. The van der Waals surface area contributed by atoms with E-state index in [-0.39, 0.29) is 12.2 Å². The van der Waals surface area contributed by atoms with Gasteiger partial charge in [-0.15, -0.1) is 0 Å². The van der Waals surface area contributed by atoms with Gasteiger partial charge in [0.1, 0.15) is 0 Å². The fourth-order valence-electron chi connectivity index (χ4n) is 1.25. The Bertz CT molecular complexity index is 87.6. The fourth-order valence-corrected chi connectivity index (χ4v) is 1.25. The monoisotopic (exact) mass is 145 g/mol. The standard InChI is InChI=1S/C7H15NO2/c9-6-2-1-3-8-5-7(10)4-6/h6-10H,1-5H2. The van der Waals surface area contributed by atoms with Gasteiger partial charge in [-0.05, 0) is 19.4 Å². The molecule has 1 rings (SSSR count). The normalized spacial score (nSPS) is 36.6. The van der Waals surface area contributed by atoms with Gasteiger partial charge >= 0.3 is 0 Å². The molecule has 2 unspecified atom stereocenters. The van der Waals surface area contributed by atoms with Gasteiger partial charge in [0.2, 0.25) is 0 Å². The van der Waals surface area contributed by atoms with E-state index in [4.69, 9.17) is 5.11 Å². The Morgan fingerprint density at radius 3 is 2.80 bits per heavy atom. The molecule has 10 heavy (non-hydrogen) atoms. The van der Waals surface area contributed by atoms with E-state index in [9.17, 15) is 5.11 Å². The quantitative estimate of drug-likeness (QED) is 0.430. The molecule has 0 amide bonds. The lowest BCUT2D eigenvalue weighted by molar-refractivity contribution is 0.0667. The molecule has 2 atom stereocenters. The SMILES string of the molecule is OC1CCCNCC(O)C1. The molecule has 0 radical (unpaired) electrons. The van der Waals surface area contributed by atoms with Crippen LogP contribution in [0.25, 0.3) is 0 Å². The molecule has 0 aromatic rings. The first-order chi connectivity index (χ1) is 4.79. The molecule has 1 heterocycles. The number of hydrogen-bond donors (Lipinski definition) is 3. The van der Waals surface area contributed by atoms with Gasteiger partial charge in [0, 0.05) is 13.0 Å². The Hall–Kier alpha value is -0.120. The van der Waals surface area contributed by atoms with Crippen molar-refractivity contribution in [3.63, 3.8) is 0 Å². The number of β-amino-alcohol motifs (C(OH)–C–C–N with tert-alkyl or cyclic N) is 1. The third-order valence-electron chi connectivity index (χ3n) is 1.82. The van der Waals surface area contributed by atoms with Crippen molar-refractivity contribution < 1.29 is 10.2 Å². The maximum Gasteiger partial charge on any atom is 0.0689 e. The molecule has 3 N–H and O–H groups in total. The summed E-state index contributed by atoms with van der Waals surface area (Å²) in [5, 5.41) is 21.5. The molecule has 1 fully saturated rings. The van der Waals surface area contributed by atoms with Gasteiger partial charge in [0.05, 0.1) is 12.2 Å². The minimum Gasteiger partial charge on any atom is -0.393 e. The summed E-state index contributed by atoms with van der Waals surface area (Å²) in [5.41, 5.74) is 0. The molecule has 3 heteroatoms. The van der Waals surface area contributed by atoms with Gasteiger partial charge in [-0.25, -0.2) is 0 Å². The minimum absolute atomic E-state index is 0.294. The Labute approximate surface area is 61.1 Å². The van der Waals surface area contributed by atoms with Gasteiger partial charge in [-0.3, -0.25) is 0 Å². The fraction of sp³-hybridized carbons (Fsp3) is 1.00. The predicted molar refractivity (Wildman–Crippen MR) is 38.7 cm³/mol. The summed E-state index contributed by atoms with van der Waals surface area (Å²) >= 11 is 0. The van der Waals surface area contributed by atoms with Crippen molar-refractivity contribution in [2.45, 2.75) is 31.5 Å². The van der Waals surface area contributed by atoms with Gasteiger partial charge in [-0.1, -0.05) is 0 Å². The Balaban J connectivity index is 2.25. The number of nitrogens with one attached hydrogen (secondary N) is 1. The molecule has 0 saturated carbocycles. The summed E-state index contributed by atoms with van der Waals surface area (Å²) < 4.78 is 0. The summed E-state index contributed by atoms with van der Waals surface area (Å²) in [7, 11) is 0. The highest BCUT2D eigenvalue weighted by molar-refractivity contribution is 4.69. The average molecular weight is 145 g/mol. The van der Waals surface area contributed by atoms with E-state index >= 15 is 0 Å². The van der Waals surface area contributed by atoms with Crippen molar-refractivity contribution in [1.82, 2.24) is 5.32 Å². The first-order valence-electron chi connectivity index (χ1n) is 3.86. The second-order valence-electron chi connectivity index (χ2n) is 2.89. The smallest absolute Gasteiger partial charge is 0.0689 e. The molecular weight excluding hydrogens is 130 g/mol. The third-order valence-corrected chi connectivity index (χ3v) is 1.82. The van der Waals surface area contributed by atoms with Crippen molar-refractivity contribution in [3.8, 4) is 0 Å².